The first-order chi connectivity index (χ1) is 13.7. The van der Waals surface area contributed by atoms with Crippen molar-refractivity contribution in [1.82, 2.24) is 9.88 Å². The number of pyridine rings is 1. The van der Waals surface area contributed by atoms with Crippen molar-refractivity contribution in [3.63, 3.8) is 0 Å². The van der Waals surface area contributed by atoms with Gasteiger partial charge in [-0.2, -0.15) is 0 Å². The molecule has 0 radical (unpaired) electrons. The van der Waals surface area contributed by atoms with Gasteiger partial charge in [-0.3, -0.25) is 9.59 Å². The number of piperazine rings is 1. The first kappa shape index (κ1) is 18.5. The van der Waals surface area contributed by atoms with Crippen LogP contribution in [-0.2, 0) is 16.0 Å². The van der Waals surface area contributed by atoms with Crippen LogP contribution in [-0.4, -0.2) is 54.4 Å². The lowest BCUT2D eigenvalue weighted by Gasteiger charge is -2.36. The molecule has 2 saturated heterocycles. The minimum absolute atomic E-state index is 0.0476. The van der Waals surface area contributed by atoms with Crippen LogP contribution < -0.4 is 9.80 Å². The zero-order chi connectivity index (χ0) is 19.5. The number of amides is 2. The molecule has 0 N–H and O–H groups in total. The number of rotatable bonds is 4. The molecule has 4 rings (SSSR count). The number of hydrogen-bond acceptors (Lipinski definition) is 4. The molecule has 3 heterocycles. The van der Waals surface area contributed by atoms with Gasteiger partial charge in [0, 0.05) is 51.0 Å². The molecule has 1 aromatic carbocycles. The molecule has 1 aromatic heterocycles. The highest BCUT2D eigenvalue weighted by molar-refractivity contribution is 6.00. The van der Waals surface area contributed by atoms with Gasteiger partial charge >= 0.3 is 0 Å². The van der Waals surface area contributed by atoms with Crippen molar-refractivity contribution in [2.45, 2.75) is 19.8 Å². The highest BCUT2D eigenvalue weighted by atomic mass is 16.2. The number of nitrogens with zero attached hydrogens (tertiary/aromatic N) is 4. The molecule has 1 unspecified atom stereocenters. The highest BCUT2D eigenvalue weighted by Gasteiger charge is 2.38. The van der Waals surface area contributed by atoms with E-state index in [-0.39, 0.29) is 17.7 Å². The summed E-state index contributed by atoms with van der Waals surface area (Å²) >= 11 is 0. The van der Waals surface area contributed by atoms with Gasteiger partial charge < -0.3 is 14.7 Å². The van der Waals surface area contributed by atoms with Crippen LogP contribution in [0.4, 0.5) is 11.5 Å². The summed E-state index contributed by atoms with van der Waals surface area (Å²) < 4.78 is 0. The van der Waals surface area contributed by atoms with Gasteiger partial charge in [0.25, 0.3) is 0 Å². The van der Waals surface area contributed by atoms with Gasteiger partial charge in [-0.05, 0) is 30.2 Å². The summed E-state index contributed by atoms with van der Waals surface area (Å²) in [6, 6.07) is 13.9. The predicted molar refractivity (Wildman–Crippen MR) is 109 cm³/mol. The third-order valence-electron chi connectivity index (χ3n) is 5.70. The Hall–Kier alpha value is -2.89. The molecule has 1 atom stereocenters. The van der Waals surface area contributed by atoms with E-state index in [1.807, 2.05) is 41.3 Å². The molecule has 2 aliphatic rings. The van der Waals surface area contributed by atoms with E-state index in [4.69, 9.17) is 0 Å². The Morgan fingerprint density at radius 1 is 1.07 bits per heavy atom. The standard InChI is InChI=1S/C22H26N4O2/c1-2-17-7-3-4-8-19(17)26-16-18(15-21(26)27)22(28)25-13-11-24(12-14-25)20-9-5-6-10-23-20/h3-10,18H,2,11-16H2,1H3. The van der Waals surface area contributed by atoms with Gasteiger partial charge in [-0.1, -0.05) is 31.2 Å². The van der Waals surface area contributed by atoms with E-state index < -0.39 is 0 Å². The fraction of sp³-hybridized carbons (Fsp3) is 0.409. The lowest BCUT2D eigenvalue weighted by Crippen LogP contribution is -2.51. The quantitative estimate of drug-likeness (QED) is 0.820. The molecule has 0 bridgehead atoms. The Kier molecular flexibility index (Phi) is 5.28. The third kappa shape index (κ3) is 3.59. The SMILES string of the molecule is CCc1ccccc1N1CC(C(=O)N2CCN(c3ccccn3)CC2)CC1=O. The lowest BCUT2D eigenvalue weighted by molar-refractivity contribution is -0.136. The summed E-state index contributed by atoms with van der Waals surface area (Å²) in [4.78, 5) is 35.9. The summed E-state index contributed by atoms with van der Waals surface area (Å²) in [6.07, 6.45) is 2.96. The van der Waals surface area contributed by atoms with Crippen LogP contribution in [0.25, 0.3) is 0 Å². The molecule has 2 aliphatic heterocycles. The zero-order valence-electron chi connectivity index (χ0n) is 16.3. The van der Waals surface area contributed by atoms with Crippen molar-refractivity contribution < 1.29 is 9.59 Å². The van der Waals surface area contributed by atoms with Crippen molar-refractivity contribution >= 4 is 23.3 Å². The average Bonchev–Trinajstić information content (AvgIpc) is 3.15. The number of anilines is 2. The molecular weight excluding hydrogens is 352 g/mol. The number of aryl methyl sites for hydroxylation is 1. The van der Waals surface area contributed by atoms with E-state index in [1.54, 1.807) is 11.1 Å². The fourth-order valence-electron chi connectivity index (χ4n) is 4.13. The number of para-hydroxylation sites is 1. The molecule has 28 heavy (non-hydrogen) atoms. The van der Waals surface area contributed by atoms with Gasteiger partial charge in [-0.25, -0.2) is 4.98 Å². The maximum Gasteiger partial charge on any atom is 0.228 e. The van der Waals surface area contributed by atoms with Gasteiger partial charge in [0.2, 0.25) is 11.8 Å². The number of benzene rings is 1. The van der Waals surface area contributed by atoms with Crippen LogP contribution in [0.2, 0.25) is 0 Å². The van der Waals surface area contributed by atoms with Gasteiger partial charge in [0.1, 0.15) is 5.82 Å². The van der Waals surface area contributed by atoms with Crippen LogP contribution in [0.15, 0.2) is 48.7 Å². The average molecular weight is 378 g/mol. The second kappa shape index (κ2) is 8.00. The lowest BCUT2D eigenvalue weighted by atomic mass is 10.1. The van der Waals surface area contributed by atoms with Crippen molar-refractivity contribution in [2.75, 3.05) is 42.5 Å². The van der Waals surface area contributed by atoms with Crippen molar-refractivity contribution in [3.05, 3.63) is 54.2 Å². The first-order valence-electron chi connectivity index (χ1n) is 10.0. The number of hydrogen-bond donors (Lipinski definition) is 0. The monoisotopic (exact) mass is 378 g/mol. The Bertz CT molecular complexity index is 847. The maximum absolute atomic E-state index is 13.0. The molecule has 0 spiro atoms. The maximum atomic E-state index is 13.0. The molecule has 6 heteroatoms. The molecule has 2 amide bonds. The molecule has 2 fully saturated rings. The summed E-state index contributed by atoms with van der Waals surface area (Å²) in [5.41, 5.74) is 2.10. The Morgan fingerprint density at radius 3 is 2.54 bits per heavy atom. The van der Waals surface area contributed by atoms with Crippen LogP contribution in [0, 0.1) is 5.92 Å². The predicted octanol–water partition coefficient (Wildman–Crippen LogP) is 2.35. The Labute approximate surface area is 165 Å². The first-order valence-corrected chi connectivity index (χ1v) is 10.0. The Morgan fingerprint density at radius 2 is 1.82 bits per heavy atom. The summed E-state index contributed by atoms with van der Waals surface area (Å²) in [7, 11) is 0. The largest absolute Gasteiger partial charge is 0.353 e. The van der Waals surface area contributed by atoms with Crippen molar-refractivity contribution in [2.24, 2.45) is 5.92 Å². The zero-order valence-corrected chi connectivity index (χ0v) is 16.3. The van der Waals surface area contributed by atoms with Crippen LogP contribution >= 0.6 is 0 Å². The molecule has 0 aliphatic carbocycles. The van der Waals surface area contributed by atoms with Gasteiger partial charge in [-0.15, -0.1) is 0 Å². The number of carbonyl (C=O) groups excluding carboxylic acids is 2. The molecular formula is C22H26N4O2. The van der Waals surface area contributed by atoms with Crippen molar-refractivity contribution in [3.8, 4) is 0 Å². The Balaban J connectivity index is 1.39. The molecule has 0 saturated carbocycles. The number of carbonyl (C=O) groups is 2. The van der Waals surface area contributed by atoms with Crippen LogP contribution in [0.1, 0.15) is 18.9 Å². The van der Waals surface area contributed by atoms with E-state index in [1.165, 1.54) is 0 Å². The second-order valence-electron chi connectivity index (χ2n) is 7.39. The van der Waals surface area contributed by atoms with E-state index in [0.29, 0.717) is 26.1 Å². The van der Waals surface area contributed by atoms with Gasteiger partial charge in [0.05, 0.1) is 5.92 Å². The number of aromatic nitrogens is 1. The fourth-order valence-corrected chi connectivity index (χ4v) is 4.13. The van der Waals surface area contributed by atoms with Crippen LogP contribution in [0.5, 0.6) is 0 Å². The van der Waals surface area contributed by atoms with E-state index >= 15 is 0 Å². The van der Waals surface area contributed by atoms with E-state index in [2.05, 4.69) is 22.9 Å². The summed E-state index contributed by atoms with van der Waals surface area (Å²) in [6.45, 7) is 5.45. The topological polar surface area (TPSA) is 56.8 Å². The molecule has 6 nitrogen and oxygen atoms in total. The second-order valence-corrected chi connectivity index (χ2v) is 7.39. The van der Waals surface area contributed by atoms with Crippen molar-refractivity contribution in [1.29, 1.82) is 0 Å². The third-order valence-corrected chi connectivity index (χ3v) is 5.70. The van der Waals surface area contributed by atoms with Crippen LogP contribution in [0.3, 0.4) is 0 Å². The summed E-state index contributed by atoms with van der Waals surface area (Å²) in [5.74, 6) is 0.851. The smallest absolute Gasteiger partial charge is 0.228 e. The summed E-state index contributed by atoms with van der Waals surface area (Å²) in [5, 5.41) is 0. The minimum atomic E-state index is -0.251. The molecule has 2 aromatic rings. The highest BCUT2D eigenvalue weighted by Crippen LogP contribution is 2.29. The van der Waals surface area contributed by atoms with Gasteiger partial charge in [0.15, 0.2) is 0 Å². The molecule has 146 valence electrons. The normalized spacial score (nSPS) is 20.0. The van der Waals surface area contributed by atoms with E-state index in [9.17, 15) is 9.59 Å². The van der Waals surface area contributed by atoms with E-state index in [0.717, 1.165) is 36.6 Å². The minimum Gasteiger partial charge on any atom is -0.353 e.